The fraction of sp³-hybridized carbons (Fsp3) is 0.875. The van der Waals surface area contributed by atoms with Gasteiger partial charge in [-0.15, -0.1) is 0 Å². The quantitative estimate of drug-likeness (QED) is 0.272. The van der Waals surface area contributed by atoms with E-state index >= 15 is 0 Å². The second-order valence-electron chi connectivity index (χ2n) is 5.68. The van der Waals surface area contributed by atoms with Gasteiger partial charge in [-0.2, -0.15) is 0 Å². The topological polar surface area (TPSA) is 93.2 Å². The first-order valence-electron chi connectivity index (χ1n) is 8.62. The summed E-state index contributed by atoms with van der Waals surface area (Å²) in [6.07, 6.45) is 3.09. The number of carbonyl (C=O) groups is 1. The fourth-order valence-corrected chi connectivity index (χ4v) is 2.28. The fourth-order valence-electron chi connectivity index (χ4n) is 2.28. The molecular formula is C16H32N4O4. The Hall–Kier alpha value is -1.38. The molecule has 1 fully saturated rings. The molecule has 0 aromatic heterocycles. The highest BCUT2D eigenvalue weighted by Crippen LogP contribution is 2.14. The van der Waals surface area contributed by atoms with Crippen LogP contribution in [-0.4, -0.2) is 78.7 Å². The lowest BCUT2D eigenvalue weighted by Crippen LogP contribution is -2.44. The molecule has 0 radical (unpaired) electrons. The van der Waals surface area contributed by atoms with E-state index < -0.39 is 0 Å². The van der Waals surface area contributed by atoms with Gasteiger partial charge in [0.1, 0.15) is 0 Å². The van der Waals surface area contributed by atoms with Crippen molar-refractivity contribution in [1.29, 1.82) is 0 Å². The molecule has 0 spiro atoms. The predicted molar refractivity (Wildman–Crippen MR) is 93.2 cm³/mol. The number of methoxy groups -OCH3 is 1. The number of guanidine groups is 1. The molecule has 8 nitrogen and oxygen atoms in total. The van der Waals surface area contributed by atoms with E-state index in [1.807, 2.05) is 0 Å². The Kier molecular flexibility index (Phi) is 12.1. The SMILES string of the molecule is CN=C(NCCCOCC1CCOCC1)NCC(=O)NCCOC. The van der Waals surface area contributed by atoms with Crippen molar-refractivity contribution in [2.24, 2.45) is 10.9 Å². The first kappa shape index (κ1) is 20.7. The van der Waals surface area contributed by atoms with E-state index in [0.717, 1.165) is 52.2 Å². The molecule has 0 saturated carbocycles. The molecule has 0 atom stereocenters. The molecule has 8 heteroatoms. The lowest BCUT2D eigenvalue weighted by atomic mass is 10.0. The van der Waals surface area contributed by atoms with Crippen LogP contribution < -0.4 is 16.0 Å². The summed E-state index contributed by atoms with van der Waals surface area (Å²) in [6.45, 7) is 5.20. The van der Waals surface area contributed by atoms with Crippen LogP contribution in [0.15, 0.2) is 4.99 Å². The van der Waals surface area contributed by atoms with Gasteiger partial charge in [0, 0.05) is 53.7 Å². The van der Waals surface area contributed by atoms with Crippen LogP contribution in [0, 0.1) is 5.92 Å². The third-order valence-corrected chi connectivity index (χ3v) is 3.72. The molecule has 24 heavy (non-hydrogen) atoms. The Bertz CT molecular complexity index is 360. The van der Waals surface area contributed by atoms with Crippen molar-refractivity contribution in [3.05, 3.63) is 0 Å². The molecule has 0 aliphatic carbocycles. The molecule has 0 bridgehead atoms. The number of nitrogens with zero attached hydrogens (tertiary/aromatic N) is 1. The van der Waals surface area contributed by atoms with Gasteiger partial charge in [-0.1, -0.05) is 0 Å². The number of amides is 1. The van der Waals surface area contributed by atoms with E-state index in [0.29, 0.717) is 25.0 Å². The highest BCUT2D eigenvalue weighted by Gasteiger charge is 2.13. The molecule has 140 valence electrons. The van der Waals surface area contributed by atoms with Gasteiger partial charge in [-0.25, -0.2) is 0 Å². The minimum Gasteiger partial charge on any atom is -0.383 e. The Labute approximate surface area is 144 Å². The zero-order valence-corrected chi connectivity index (χ0v) is 14.9. The summed E-state index contributed by atoms with van der Waals surface area (Å²) in [5.41, 5.74) is 0. The van der Waals surface area contributed by atoms with Gasteiger partial charge in [-0.3, -0.25) is 9.79 Å². The van der Waals surface area contributed by atoms with Gasteiger partial charge >= 0.3 is 0 Å². The van der Waals surface area contributed by atoms with Crippen molar-refractivity contribution >= 4 is 11.9 Å². The van der Waals surface area contributed by atoms with Crippen molar-refractivity contribution in [1.82, 2.24) is 16.0 Å². The van der Waals surface area contributed by atoms with Crippen LogP contribution in [0.5, 0.6) is 0 Å². The average molecular weight is 344 g/mol. The molecule has 0 aromatic carbocycles. The smallest absolute Gasteiger partial charge is 0.239 e. The van der Waals surface area contributed by atoms with Crippen molar-refractivity contribution in [2.45, 2.75) is 19.3 Å². The van der Waals surface area contributed by atoms with Gasteiger partial charge in [-0.05, 0) is 25.2 Å². The third-order valence-electron chi connectivity index (χ3n) is 3.72. The molecule has 1 saturated heterocycles. The van der Waals surface area contributed by atoms with Crippen LogP contribution in [0.25, 0.3) is 0 Å². The van der Waals surface area contributed by atoms with Gasteiger partial charge < -0.3 is 30.2 Å². The second-order valence-corrected chi connectivity index (χ2v) is 5.68. The highest BCUT2D eigenvalue weighted by molar-refractivity contribution is 5.86. The molecule has 1 aliphatic rings. The standard InChI is InChI=1S/C16H32N4O4/c1-17-16(20-12-15(21)18-7-11-22-2)19-6-3-8-24-13-14-4-9-23-10-5-14/h14H,3-13H2,1-2H3,(H,18,21)(H2,17,19,20). The number of carbonyl (C=O) groups excluding carboxylic acids is 1. The van der Waals surface area contributed by atoms with E-state index in [1.54, 1.807) is 14.2 Å². The normalized spacial score (nSPS) is 16.0. The summed E-state index contributed by atoms with van der Waals surface area (Å²) >= 11 is 0. The summed E-state index contributed by atoms with van der Waals surface area (Å²) in [6, 6.07) is 0. The van der Waals surface area contributed by atoms with Crippen molar-refractivity contribution in [3.8, 4) is 0 Å². The number of rotatable bonds is 11. The van der Waals surface area contributed by atoms with Crippen LogP contribution >= 0.6 is 0 Å². The number of hydrogen-bond donors (Lipinski definition) is 3. The van der Waals surface area contributed by atoms with E-state index in [1.165, 1.54) is 0 Å². The van der Waals surface area contributed by atoms with E-state index in [9.17, 15) is 4.79 Å². The van der Waals surface area contributed by atoms with Gasteiger partial charge in [0.2, 0.25) is 5.91 Å². The predicted octanol–water partition coefficient (Wildman–Crippen LogP) is -0.253. The van der Waals surface area contributed by atoms with Crippen molar-refractivity contribution in [2.75, 3.05) is 66.8 Å². The Balaban J connectivity index is 1.98. The van der Waals surface area contributed by atoms with E-state index in [2.05, 4.69) is 20.9 Å². The zero-order chi connectivity index (χ0) is 17.5. The summed E-state index contributed by atoms with van der Waals surface area (Å²) in [7, 11) is 3.28. The van der Waals surface area contributed by atoms with Crippen molar-refractivity contribution in [3.63, 3.8) is 0 Å². The van der Waals surface area contributed by atoms with Crippen LogP contribution in [-0.2, 0) is 19.0 Å². The van der Waals surface area contributed by atoms with Crippen molar-refractivity contribution < 1.29 is 19.0 Å². The van der Waals surface area contributed by atoms with Crippen LogP contribution in [0.4, 0.5) is 0 Å². The second kappa shape index (κ2) is 14.0. The van der Waals surface area contributed by atoms with Gasteiger partial charge in [0.15, 0.2) is 5.96 Å². The minimum absolute atomic E-state index is 0.0882. The molecule has 1 amide bonds. The molecule has 0 aromatic rings. The highest BCUT2D eigenvalue weighted by atomic mass is 16.5. The lowest BCUT2D eigenvalue weighted by Gasteiger charge is -2.21. The average Bonchev–Trinajstić information content (AvgIpc) is 2.61. The van der Waals surface area contributed by atoms with E-state index in [-0.39, 0.29) is 12.5 Å². The maximum absolute atomic E-state index is 11.6. The monoisotopic (exact) mass is 344 g/mol. The number of hydrogen-bond acceptors (Lipinski definition) is 5. The Morgan fingerprint density at radius 3 is 2.67 bits per heavy atom. The van der Waals surface area contributed by atoms with Gasteiger partial charge in [0.25, 0.3) is 0 Å². The minimum atomic E-state index is -0.0882. The van der Waals surface area contributed by atoms with Crippen LogP contribution in [0.1, 0.15) is 19.3 Å². The number of ether oxygens (including phenoxy) is 3. The molecule has 3 N–H and O–H groups in total. The van der Waals surface area contributed by atoms with E-state index in [4.69, 9.17) is 14.2 Å². The lowest BCUT2D eigenvalue weighted by molar-refractivity contribution is -0.120. The summed E-state index contributed by atoms with van der Waals surface area (Å²) in [5, 5.41) is 8.87. The van der Waals surface area contributed by atoms with Gasteiger partial charge in [0.05, 0.1) is 13.2 Å². The first-order chi connectivity index (χ1) is 11.8. The largest absolute Gasteiger partial charge is 0.383 e. The summed E-state index contributed by atoms with van der Waals surface area (Å²) in [5.74, 6) is 1.16. The molecule has 1 rings (SSSR count). The number of nitrogens with one attached hydrogen (secondary N) is 3. The maximum Gasteiger partial charge on any atom is 0.239 e. The zero-order valence-electron chi connectivity index (χ0n) is 14.9. The third kappa shape index (κ3) is 10.4. The molecular weight excluding hydrogens is 312 g/mol. The first-order valence-corrected chi connectivity index (χ1v) is 8.62. The molecule has 1 heterocycles. The molecule has 1 aliphatic heterocycles. The number of aliphatic imine (C=N–C) groups is 1. The van der Waals surface area contributed by atoms with Crippen LogP contribution in [0.3, 0.4) is 0 Å². The maximum atomic E-state index is 11.6. The summed E-state index contributed by atoms with van der Waals surface area (Å²) in [4.78, 5) is 15.6. The van der Waals surface area contributed by atoms with Crippen LogP contribution in [0.2, 0.25) is 0 Å². The Morgan fingerprint density at radius 2 is 1.96 bits per heavy atom. The summed E-state index contributed by atoms with van der Waals surface area (Å²) < 4.78 is 15.9. The molecule has 0 unspecified atom stereocenters. The Morgan fingerprint density at radius 1 is 1.17 bits per heavy atom.